The fourth-order valence-electron chi connectivity index (χ4n) is 3.16. The van der Waals surface area contributed by atoms with Crippen molar-refractivity contribution in [3.8, 4) is 11.5 Å². The summed E-state index contributed by atoms with van der Waals surface area (Å²) in [5.41, 5.74) is 1.67. The van der Waals surface area contributed by atoms with Gasteiger partial charge in [-0.25, -0.2) is 9.69 Å². The largest absolute Gasteiger partial charge is 0.494 e. The van der Waals surface area contributed by atoms with E-state index in [0.29, 0.717) is 30.3 Å². The fourth-order valence-corrected chi connectivity index (χ4v) is 5.52. The Balaban J connectivity index is 2.08. The lowest BCUT2D eigenvalue weighted by Crippen LogP contribution is -2.54. The van der Waals surface area contributed by atoms with Gasteiger partial charge in [0, 0.05) is 20.3 Å². The molecular weight excluding hydrogens is 640 g/mol. The van der Waals surface area contributed by atoms with Gasteiger partial charge in [-0.3, -0.25) is 14.9 Å². The molecule has 1 aliphatic rings. The molecule has 1 heterocycles. The van der Waals surface area contributed by atoms with E-state index in [1.54, 1.807) is 25.1 Å². The Kier molecular flexibility index (Phi) is 7.98. The van der Waals surface area contributed by atoms with Gasteiger partial charge in [-0.2, -0.15) is 0 Å². The number of hydrogen-bond donors (Lipinski definition) is 2. The van der Waals surface area contributed by atoms with Crippen LogP contribution in [0.25, 0.3) is 6.08 Å². The number of rotatable bonds is 7. The Morgan fingerprint density at radius 1 is 1.03 bits per heavy atom. The number of hydrogen-bond acceptors (Lipinski definition) is 6. The van der Waals surface area contributed by atoms with Gasteiger partial charge in [-0.15, -0.1) is 0 Å². The summed E-state index contributed by atoms with van der Waals surface area (Å²) < 4.78 is 13.0. The topological polar surface area (TPSA) is 97.0 Å². The standard InChI is InChI=1S/C22H21I2N3O5/c1-4-31-13-6-7-18(32-5-2)17(11-13)27-21(29)14(20(28)26-22(27)30)8-12-9-15(23)19(25-3)16(24)10-12/h6-11,25H,4-5H2,1-3H3,(H,26,28,30)/b14-8+. The molecule has 2 aromatic rings. The van der Waals surface area contributed by atoms with E-state index in [1.165, 1.54) is 6.08 Å². The van der Waals surface area contributed by atoms with Crippen LogP contribution in [-0.2, 0) is 9.59 Å². The number of urea groups is 1. The second-order valence-corrected chi connectivity index (χ2v) is 8.89. The number of nitrogens with one attached hydrogen (secondary N) is 2. The fraction of sp³-hybridized carbons (Fsp3) is 0.227. The monoisotopic (exact) mass is 661 g/mol. The van der Waals surface area contributed by atoms with E-state index >= 15 is 0 Å². The van der Waals surface area contributed by atoms with Crippen molar-refractivity contribution in [1.29, 1.82) is 0 Å². The first-order valence-corrected chi connectivity index (χ1v) is 11.9. The van der Waals surface area contributed by atoms with Gasteiger partial charge in [0.1, 0.15) is 17.1 Å². The molecule has 0 spiro atoms. The van der Waals surface area contributed by atoms with Crippen LogP contribution in [-0.4, -0.2) is 38.1 Å². The number of halogens is 2. The summed E-state index contributed by atoms with van der Waals surface area (Å²) >= 11 is 4.36. The van der Waals surface area contributed by atoms with Gasteiger partial charge in [0.25, 0.3) is 11.8 Å². The van der Waals surface area contributed by atoms with Crippen LogP contribution in [0.3, 0.4) is 0 Å². The van der Waals surface area contributed by atoms with Gasteiger partial charge in [0.2, 0.25) is 0 Å². The van der Waals surface area contributed by atoms with E-state index in [2.05, 4.69) is 55.8 Å². The normalized spacial score (nSPS) is 15.1. The second kappa shape index (κ2) is 10.5. The molecule has 32 heavy (non-hydrogen) atoms. The molecule has 0 radical (unpaired) electrons. The number of ether oxygens (including phenoxy) is 2. The summed E-state index contributed by atoms with van der Waals surface area (Å²) in [6, 6.07) is 7.73. The van der Waals surface area contributed by atoms with E-state index in [9.17, 15) is 14.4 Å². The van der Waals surface area contributed by atoms with Gasteiger partial charge < -0.3 is 14.8 Å². The molecule has 10 heteroatoms. The number of anilines is 2. The molecule has 2 N–H and O–H groups in total. The highest BCUT2D eigenvalue weighted by Gasteiger charge is 2.38. The first-order valence-electron chi connectivity index (χ1n) is 9.78. The number of nitrogens with zero attached hydrogens (tertiary/aromatic N) is 1. The number of carbonyl (C=O) groups excluding carboxylic acids is 3. The van der Waals surface area contributed by atoms with Crippen molar-refractivity contribution in [2.75, 3.05) is 30.5 Å². The molecule has 8 nitrogen and oxygen atoms in total. The minimum atomic E-state index is -0.846. The van der Waals surface area contributed by atoms with Crippen molar-refractivity contribution in [3.05, 3.63) is 48.6 Å². The van der Waals surface area contributed by atoms with Crippen molar-refractivity contribution >= 4 is 80.5 Å². The second-order valence-electron chi connectivity index (χ2n) is 6.56. The molecule has 4 amide bonds. The zero-order chi connectivity index (χ0) is 23.4. The van der Waals surface area contributed by atoms with Crippen molar-refractivity contribution in [2.24, 2.45) is 0 Å². The molecule has 1 fully saturated rings. The lowest BCUT2D eigenvalue weighted by atomic mass is 10.1. The maximum atomic E-state index is 13.3. The summed E-state index contributed by atoms with van der Waals surface area (Å²) in [5, 5.41) is 5.37. The summed E-state index contributed by atoms with van der Waals surface area (Å²) in [4.78, 5) is 39.5. The van der Waals surface area contributed by atoms with Crippen LogP contribution in [0.15, 0.2) is 35.9 Å². The van der Waals surface area contributed by atoms with Crippen molar-refractivity contribution < 1.29 is 23.9 Å². The Labute approximate surface area is 213 Å². The predicted octanol–water partition coefficient (Wildman–Crippen LogP) is 4.40. The summed E-state index contributed by atoms with van der Waals surface area (Å²) in [7, 11) is 1.83. The predicted molar refractivity (Wildman–Crippen MR) is 139 cm³/mol. The molecular formula is C22H21I2N3O5. The number of imide groups is 2. The van der Waals surface area contributed by atoms with E-state index in [0.717, 1.165) is 17.7 Å². The lowest BCUT2D eigenvalue weighted by molar-refractivity contribution is -0.122. The van der Waals surface area contributed by atoms with E-state index in [-0.39, 0.29) is 11.3 Å². The molecule has 0 atom stereocenters. The van der Waals surface area contributed by atoms with Crippen molar-refractivity contribution in [1.82, 2.24) is 5.32 Å². The quantitative estimate of drug-likeness (QED) is 0.260. The molecule has 0 bridgehead atoms. The molecule has 0 aromatic heterocycles. The highest BCUT2D eigenvalue weighted by molar-refractivity contribution is 14.1. The van der Waals surface area contributed by atoms with E-state index in [4.69, 9.17) is 9.47 Å². The summed E-state index contributed by atoms with van der Waals surface area (Å²) in [6.45, 7) is 4.37. The molecule has 0 aliphatic carbocycles. The molecule has 168 valence electrons. The average molecular weight is 661 g/mol. The van der Waals surface area contributed by atoms with Gasteiger partial charge in [0.05, 0.1) is 24.6 Å². The minimum Gasteiger partial charge on any atom is -0.494 e. The third-order valence-corrected chi connectivity index (χ3v) is 6.21. The number of amides is 4. The molecule has 0 saturated carbocycles. The molecule has 1 aliphatic heterocycles. The van der Waals surface area contributed by atoms with E-state index in [1.807, 2.05) is 26.1 Å². The maximum Gasteiger partial charge on any atom is 0.336 e. The summed E-state index contributed by atoms with van der Waals surface area (Å²) in [5.74, 6) is -0.690. The van der Waals surface area contributed by atoms with Crippen LogP contribution in [0.4, 0.5) is 16.2 Å². The lowest BCUT2D eigenvalue weighted by Gasteiger charge is -2.28. The zero-order valence-electron chi connectivity index (χ0n) is 17.6. The van der Waals surface area contributed by atoms with Gasteiger partial charge >= 0.3 is 6.03 Å². The first-order chi connectivity index (χ1) is 15.3. The van der Waals surface area contributed by atoms with Crippen LogP contribution in [0.5, 0.6) is 11.5 Å². The van der Waals surface area contributed by atoms with Gasteiger partial charge in [-0.1, -0.05) is 0 Å². The number of carbonyl (C=O) groups is 3. The Bertz CT molecular complexity index is 1090. The van der Waals surface area contributed by atoms with Crippen LogP contribution in [0.2, 0.25) is 0 Å². The maximum absolute atomic E-state index is 13.3. The Morgan fingerprint density at radius 2 is 1.69 bits per heavy atom. The third-order valence-electron chi connectivity index (χ3n) is 4.51. The molecule has 0 unspecified atom stereocenters. The zero-order valence-corrected chi connectivity index (χ0v) is 21.9. The van der Waals surface area contributed by atoms with Crippen LogP contribution >= 0.6 is 45.2 Å². The molecule has 3 rings (SSSR count). The minimum absolute atomic E-state index is 0.155. The van der Waals surface area contributed by atoms with E-state index < -0.39 is 17.8 Å². The number of barbiturate groups is 1. The Morgan fingerprint density at radius 3 is 2.28 bits per heavy atom. The van der Waals surface area contributed by atoms with Crippen LogP contribution < -0.4 is 25.0 Å². The SMILES string of the molecule is CCOc1ccc(OCC)c(N2C(=O)NC(=O)/C(=C\c3cc(I)c(NC)c(I)c3)C2=O)c1. The van der Waals surface area contributed by atoms with Crippen LogP contribution in [0.1, 0.15) is 19.4 Å². The summed E-state index contributed by atoms with van der Waals surface area (Å²) in [6.07, 6.45) is 1.48. The van der Waals surface area contributed by atoms with Gasteiger partial charge in [-0.05, 0) is 94.9 Å². The highest BCUT2D eigenvalue weighted by atomic mass is 127. The number of benzene rings is 2. The average Bonchev–Trinajstić information content (AvgIpc) is 2.73. The third kappa shape index (κ3) is 5.00. The molecule has 1 saturated heterocycles. The van der Waals surface area contributed by atoms with Crippen molar-refractivity contribution in [2.45, 2.75) is 13.8 Å². The first kappa shape index (κ1) is 24.3. The molecule has 2 aromatic carbocycles. The highest BCUT2D eigenvalue weighted by Crippen LogP contribution is 2.35. The van der Waals surface area contributed by atoms with Crippen molar-refractivity contribution in [3.63, 3.8) is 0 Å². The smallest absolute Gasteiger partial charge is 0.336 e. The van der Waals surface area contributed by atoms with Crippen LogP contribution in [0, 0.1) is 7.14 Å². The van der Waals surface area contributed by atoms with Gasteiger partial charge in [0.15, 0.2) is 0 Å². The Hall–Kier alpha value is -2.35.